The Morgan fingerprint density at radius 3 is 2.91 bits per heavy atom. The van der Waals surface area contributed by atoms with Crippen molar-refractivity contribution < 1.29 is 9.02 Å². The number of halogens is 1. The number of hydrogen-bond acceptors (Lipinski definition) is 8. The zero-order valence-electron chi connectivity index (χ0n) is 12.0. The molecule has 0 amide bonds. The van der Waals surface area contributed by atoms with Gasteiger partial charge in [-0.2, -0.15) is 4.80 Å². The quantitative estimate of drug-likeness (QED) is 0.511. The summed E-state index contributed by atoms with van der Waals surface area (Å²) in [6, 6.07) is 4.38. The van der Waals surface area contributed by atoms with Gasteiger partial charge in [0.2, 0.25) is 0 Å². The fraction of sp³-hybridized carbons (Fsp3) is 0.167. The van der Waals surface area contributed by atoms with E-state index in [1.807, 2.05) is 0 Å². The Balaban J connectivity index is 1.87. The van der Waals surface area contributed by atoms with Crippen LogP contribution in [-0.2, 0) is 6.54 Å². The molecule has 0 unspecified atom stereocenters. The molecule has 118 valence electrons. The topological polar surface area (TPSA) is 147 Å². The highest BCUT2D eigenvalue weighted by atomic mass is 19.1. The van der Waals surface area contributed by atoms with Crippen LogP contribution in [0.1, 0.15) is 17.0 Å². The van der Waals surface area contributed by atoms with Crippen LogP contribution in [0.3, 0.4) is 0 Å². The van der Waals surface area contributed by atoms with E-state index >= 15 is 0 Å². The maximum absolute atomic E-state index is 13.3. The molecular formula is C12H12FN9O. The molecule has 0 saturated carbocycles. The van der Waals surface area contributed by atoms with Crippen molar-refractivity contribution in [2.45, 2.75) is 13.5 Å². The van der Waals surface area contributed by atoms with E-state index in [4.69, 9.17) is 11.5 Å². The number of hydrogen-bond donors (Lipinski definition) is 2. The van der Waals surface area contributed by atoms with Gasteiger partial charge in [0.1, 0.15) is 18.1 Å². The van der Waals surface area contributed by atoms with Gasteiger partial charge in [-0.1, -0.05) is 10.3 Å². The van der Waals surface area contributed by atoms with Crippen LogP contribution in [0.5, 0.6) is 0 Å². The predicted molar refractivity (Wildman–Crippen MR) is 77.2 cm³/mol. The molecule has 2 aromatic heterocycles. The molecule has 0 radical (unpaired) electrons. The van der Waals surface area contributed by atoms with Crippen LogP contribution in [0.2, 0.25) is 0 Å². The summed E-state index contributed by atoms with van der Waals surface area (Å²) in [4.78, 5) is 5.40. The second-order valence-electron chi connectivity index (χ2n) is 4.67. The summed E-state index contributed by atoms with van der Waals surface area (Å²) in [7, 11) is 0. The lowest BCUT2D eigenvalue weighted by Gasteiger charge is -2.01. The second-order valence-corrected chi connectivity index (χ2v) is 4.67. The van der Waals surface area contributed by atoms with Crippen molar-refractivity contribution in [1.29, 1.82) is 0 Å². The van der Waals surface area contributed by atoms with E-state index in [9.17, 15) is 4.39 Å². The van der Waals surface area contributed by atoms with Gasteiger partial charge < -0.3 is 11.5 Å². The first kappa shape index (κ1) is 14.6. The number of tetrazole rings is 1. The first-order valence-corrected chi connectivity index (χ1v) is 6.48. The van der Waals surface area contributed by atoms with Gasteiger partial charge in [-0.3, -0.25) is 0 Å². The van der Waals surface area contributed by atoms with Crippen molar-refractivity contribution in [2.24, 2.45) is 10.7 Å². The molecule has 23 heavy (non-hydrogen) atoms. The molecule has 0 aliphatic rings. The van der Waals surface area contributed by atoms with Crippen molar-refractivity contribution in [1.82, 2.24) is 30.5 Å². The molecule has 10 nitrogen and oxygen atoms in total. The Bertz CT molecular complexity index is 869. The molecule has 0 atom stereocenters. The monoisotopic (exact) mass is 317 g/mol. The Hall–Kier alpha value is -3.37. The van der Waals surface area contributed by atoms with Crippen LogP contribution < -0.4 is 11.5 Å². The summed E-state index contributed by atoms with van der Waals surface area (Å²) in [6.07, 6.45) is 0. The number of amidine groups is 1. The van der Waals surface area contributed by atoms with Gasteiger partial charge in [0.05, 0.1) is 5.69 Å². The summed E-state index contributed by atoms with van der Waals surface area (Å²) in [5.41, 5.74) is 12.9. The summed E-state index contributed by atoms with van der Waals surface area (Å²) < 4.78 is 18.0. The summed E-state index contributed by atoms with van der Waals surface area (Å²) >= 11 is 0. The average Bonchev–Trinajstić information content (AvgIpc) is 3.12. The minimum Gasteiger partial charge on any atom is -0.382 e. The van der Waals surface area contributed by atoms with E-state index in [-0.39, 0.29) is 29.8 Å². The lowest BCUT2D eigenvalue weighted by Crippen LogP contribution is -2.17. The van der Waals surface area contributed by atoms with Crippen LogP contribution in [0.4, 0.5) is 16.0 Å². The van der Waals surface area contributed by atoms with Crippen LogP contribution >= 0.6 is 0 Å². The van der Waals surface area contributed by atoms with Crippen molar-refractivity contribution in [3.63, 3.8) is 0 Å². The zero-order chi connectivity index (χ0) is 16.4. The molecule has 0 bridgehead atoms. The fourth-order valence-corrected chi connectivity index (χ4v) is 1.85. The number of aliphatic imine (C=N–C) groups is 1. The van der Waals surface area contributed by atoms with Gasteiger partial charge in [-0.05, 0) is 41.1 Å². The van der Waals surface area contributed by atoms with E-state index < -0.39 is 0 Å². The molecule has 0 spiro atoms. The third-order valence-electron chi connectivity index (χ3n) is 2.95. The van der Waals surface area contributed by atoms with Crippen LogP contribution in [0.25, 0.3) is 0 Å². The average molecular weight is 317 g/mol. The Labute approximate surface area is 129 Å². The Morgan fingerprint density at radius 2 is 2.22 bits per heavy atom. The number of nitrogen functional groups attached to an aromatic ring is 1. The maximum Gasteiger partial charge on any atom is 0.260 e. The lowest BCUT2D eigenvalue weighted by atomic mass is 10.2. The third kappa shape index (κ3) is 3.12. The van der Waals surface area contributed by atoms with Crippen molar-refractivity contribution in [3.8, 4) is 0 Å². The van der Waals surface area contributed by atoms with Gasteiger partial charge in [-0.15, -0.1) is 5.10 Å². The minimum absolute atomic E-state index is 0.0337. The Morgan fingerprint density at radius 1 is 1.39 bits per heavy atom. The minimum atomic E-state index is -0.318. The molecule has 0 fully saturated rings. The van der Waals surface area contributed by atoms with Crippen molar-refractivity contribution in [2.75, 3.05) is 5.73 Å². The van der Waals surface area contributed by atoms with Crippen LogP contribution in [0.15, 0.2) is 27.8 Å². The number of aryl methyl sites for hydroxylation is 1. The largest absolute Gasteiger partial charge is 0.382 e. The normalized spacial score (nSPS) is 11.8. The Kier molecular flexibility index (Phi) is 3.66. The van der Waals surface area contributed by atoms with Gasteiger partial charge in [0, 0.05) is 0 Å². The fourth-order valence-electron chi connectivity index (χ4n) is 1.85. The van der Waals surface area contributed by atoms with Gasteiger partial charge >= 0.3 is 0 Å². The molecule has 0 aliphatic heterocycles. The number of aromatic nitrogens is 6. The van der Waals surface area contributed by atoms with Gasteiger partial charge in [0.25, 0.3) is 5.95 Å². The highest BCUT2D eigenvalue weighted by Crippen LogP contribution is 2.17. The molecule has 3 aromatic rings. The van der Waals surface area contributed by atoms with Gasteiger partial charge in [0.15, 0.2) is 11.5 Å². The lowest BCUT2D eigenvalue weighted by molar-refractivity contribution is 0.301. The zero-order valence-corrected chi connectivity index (χ0v) is 12.0. The van der Waals surface area contributed by atoms with E-state index in [1.165, 1.54) is 16.9 Å². The number of anilines is 1. The van der Waals surface area contributed by atoms with E-state index in [2.05, 4.69) is 35.3 Å². The summed E-state index contributed by atoms with van der Waals surface area (Å²) in [5.74, 6) is -0.215. The van der Waals surface area contributed by atoms with E-state index in [0.717, 1.165) is 0 Å². The smallest absolute Gasteiger partial charge is 0.260 e. The van der Waals surface area contributed by atoms with Crippen LogP contribution in [-0.4, -0.2) is 36.4 Å². The molecule has 11 heteroatoms. The predicted octanol–water partition coefficient (Wildman–Crippen LogP) is 0.171. The van der Waals surface area contributed by atoms with E-state index in [0.29, 0.717) is 16.9 Å². The number of nitrogens with two attached hydrogens (primary N) is 2. The van der Waals surface area contributed by atoms with Crippen molar-refractivity contribution >= 4 is 17.5 Å². The van der Waals surface area contributed by atoms with Crippen molar-refractivity contribution in [3.05, 3.63) is 41.0 Å². The molecular weight excluding hydrogens is 305 g/mol. The SMILES string of the molecule is Cc1cc(N=C(N)c2nonc2Cn2nnc(N)n2)ccc1F. The second kappa shape index (κ2) is 5.79. The molecule has 4 N–H and O–H groups in total. The molecule has 0 aliphatic carbocycles. The first-order chi connectivity index (χ1) is 11.0. The third-order valence-corrected chi connectivity index (χ3v) is 2.95. The first-order valence-electron chi connectivity index (χ1n) is 6.48. The summed E-state index contributed by atoms with van der Waals surface area (Å²) in [5, 5.41) is 18.5. The number of rotatable bonds is 4. The molecule has 0 saturated heterocycles. The summed E-state index contributed by atoms with van der Waals surface area (Å²) in [6.45, 7) is 1.75. The highest BCUT2D eigenvalue weighted by molar-refractivity contribution is 5.98. The molecule has 3 rings (SSSR count). The van der Waals surface area contributed by atoms with Crippen LogP contribution in [0, 0.1) is 12.7 Å². The van der Waals surface area contributed by atoms with E-state index in [1.54, 1.807) is 13.0 Å². The standard InChI is InChI=1S/C12H12FN9O/c1-6-4-7(2-3-8(6)13)16-11(14)10-9(19-23-20-10)5-22-18-12(15)17-21-22/h2-4H,5H2,1H3,(H2,14,16)(H2,15,18). The van der Waals surface area contributed by atoms with Gasteiger partial charge in [-0.25, -0.2) is 14.0 Å². The number of nitrogens with zero attached hydrogens (tertiary/aromatic N) is 7. The molecule has 1 aromatic carbocycles. The highest BCUT2D eigenvalue weighted by Gasteiger charge is 2.16. The maximum atomic E-state index is 13.3. The number of benzene rings is 1. The molecule has 2 heterocycles.